The minimum Gasteiger partial charge on any atom is -0.398 e. The summed E-state index contributed by atoms with van der Waals surface area (Å²) in [6.45, 7) is 3.10. The largest absolute Gasteiger partial charge is 0.398 e. The minimum atomic E-state index is -0.519. The van der Waals surface area contributed by atoms with E-state index in [9.17, 15) is 10.1 Å². The quantitative estimate of drug-likeness (QED) is 0.551. The molecule has 0 unspecified atom stereocenters. The fourth-order valence-corrected chi connectivity index (χ4v) is 4.68. The van der Waals surface area contributed by atoms with Crippen LogP contribution in [0.1, 0.15) is 24.5 Å². The van der Waals surface area contributed by atoms with Crippen molar-refractivity contribution in [3.8, 4) is 6.07 Å². The first-order valence-corrected chi connectivity index (χ1v) is 11.0. The number of pyridine rings is 1. The fraction of sp³-hybridized carbons (Fsp3) is 0.292. The number of morpholine rings is 1. The number of ether oxygens (including phenoxy) is 1. The molecule has 31 heavy (non-hydrogen) atoms. The van der Waals surface area contributed by atoms with E-state index in [1.807, 2.05) is 43.3 Å². The molecule has 2 N–H and O–H groups in total. The van der Waals surface area contributed by atoms with Crippen LogP contribution in [0, 0.1) is 11.3 Å². The normalized spacial score (nSPS) is 18.7. The van der Waals surface area contributed by atoms with Crippen molar-refractivity contribution in [2.45, 2.75) is 32.0 Å². The molecule has 0 saturated carbocycles. The molecule has 1 aliphatic rings. The lowest BCUT2D eigenvalue weighted by Crippen LogP contribution is -2.50. The number of fused-ring (bicyclic) bond motifs is 1. The number of hydrogen-bond acceptors (Lipinski definition) is 6. The summed E-state index contributed by atoms with van der Waals surface area (Å²) in [6.07, 6.45) is 1.99. The highest BCUT2D eigenvalue weighted by atomic mass is 79.9. The Bertz CT molecular complexity index is 1150. The molecule has 4 rings (SSSR count). The topological polar surface area (TPSA) is 92.2 Å². The molecule has 1 aromatic heterocycles. The number of Topliss-reactive ketones (excluding diaryl/α,β-unsaturated/α-hetero) is 1. The Morgan fingerprint density at radius 2 is 2.13 bits per heavy atom. The average molecular weight is 479 g/mol. The van der Waals surface area contributed by atoms with Crippen molar-refractivity contribution in [2.24, 2.45) is 0 Å². The van der Waals surface area contributed by atoms with Crippen molar-refractivity contribution >= 4 is 44.0 Å². The van der Waals surface area contributed by atoms with Crippen LogP contribution in [0.2, 0.25) is 0 Å². The molecule has 7 heteroatoms. The van der Waals surface area contributed by atoms with Gasteiger partial charge in [0.1, 0.15) is 12.2 Å². The van der Waals surface area contributed by atoms with E-state index in [0.717, 1.165) is 21.1 Å². The fourth-order valence-electron chi connectivity index (χ4n) is 4.10. The lowest BCUT2D eigenvalue weighted by molar-refractivity contribution is -0.135. The van der Waals surface area contributed by atoms with Gasteiger partial charge in [0.05, 0.1) is 23.7 Å². The molecular formula is C24H23BrN4O2. The van der Waals surface area contributed by atoms with Crippen LogP contribution in [0.5, 0.6) is 0 Å². The number of nitrogen functional groups attached to an aromatic ring is 1. The minimum absolute atomic E-state index is 0.0581. The first kappa shape index (κ1) is 21.3. The zero-order valence-corrected chi connectivity index (χ0v) is 18.8. The van der Waals surface area contributed by atoms with E-state index >= 15 is 0 Å². The number of hydrogen-bond donors (Lipinski definition) is 1. The molecule has 0 aliphatic carbocycles. The highest BCUT2D eigenvalue weighted by Gasteiger charge is 2.31. The molecule has 0 amide bonds. The van der Waals surface area contributed by atoms with Crippen LogP contribution >= 0.6 is 15.9 Å². The number of nitrogens with zero attached hydrogens (tertiary/aromatic N) is 3. The van der Waals surface area contributed by atoms with E-state index < -0.39 is 6.10 Å². The Morgan fingerprint density at radius 3 is 2.90 bits per heavy atom. The molecule has 0 spiro atoms. The average Bonchev–Trinajstić information content (AvgIpc) is 2.77. The summed E-state index contributed by atoms with van der Waals surface area (Å²) >= 11 is 3.52. The lowest BCUT2D eigenvalue weighted by atomic mass is 10.0. The van der Waals surface area contributed by atoms with Gasteiger partial charge in [-0.2, -0.15) is 5.26 Å². The number of ketones is 1. The van der Waals surface area contributed by atoms with Crippen LogP contribution in [-0.2, 0) is 16.0 Å². The van der Waals surface area contributed by atoms with E-state index in [4.69, 9.17) is 10.5 Å². The summed E-state index contributed by atoms with van der Waals surface area (Å²) in [6, 6.07) is 15.4. The van der Waals surface area contributed by atoms with Crippen molar-refractivity contribution in [1.29, 1.82) is 5.26 Å². The summed E-state index contributed by atoms with van der Waals surface area (Å²) in [5, 5.41) is 10.3. The van der Waals surface area contributed by atoms with E-state index in [0.29, 0.717) is 42.7 Å². The molecule has 1 aliphatic heterocycles. The second-order valence-electron chi connectivity index (χ2n) is 7.76. The number of anilines is 2. The van der Waals surface area contributed by atoms with Crippen molar-refractivity contribution in [3.05, 3.63) is 64.3 Å². The molecule has 2 atom stereocenters. The summed E-state index contributed by atoms with van der Waals surface area (Å²) in [7, 11) is 0. The van der Waals surface area contributed by atoms with Crippen molar-refractivity contribution < 1.29 is 9.53 Å². The molecule has 3 aromatic rings. The Kier molecular flexibility index (Phi) is 6.21. The van der Waals surface area contributed by atoms with Gasteiger partial charge in [0.2, 0.25) is 0 Å². The molecule has 0 radical (unpaired) electrons. The van der Waals surface area contributed by atoms with Crippen LogP contribution in [0.15, 0.2) is 53.1 Å². The summed E-state index contributed by atoms with van der Waals surface area (Å²) in [5.41, 5.74) is 9.88. The molecule has 0 bridgehead atoms. The van der Waals surface area contributed by atoms with Gasteiger partial charge in [-0.1, -0.05) is 22.0 Å². The zero-order chi connectivity index (χ0) is 22.0. The van der Waals surface area contributed by atoms with Gasteiger partial charge in [-0.3, -0.25) is 9.78 Å². The third-order valence-electron chi connectivity index (χ3n) is 5.60. The Morgan fingerprint density at radius 1 is 1.29 bits per heavy atom. The van der Waals surface area contributed by atoms with Crippen LogP contribution in [-0.4, -0.2) is 36.1 Å². The second kappa shape index (κ2) is 9.04. The summed E-state index contributed by atoms with van der Waals surface area (Å²) in [5.74, 6) is 0.0581. The van der Waals surface area contributed by atoms with Crippen molar-refractivity contribution in [2.75, 3.05) is 23.7 Å². The number of benzene rings is 2. The van der Waals surface area contributed by atoms with Gasteiger partial charge in [0.25, 0.3) is 0 Å². The zero-order valence-electron chi connectivity index (χ0n) is 17.2. The van der Waals surface area contributed by atoms with E-state index in [1.165, 1.54) is 0 Å². The first-order chi connectivity index (χ1) is 15.0. The van der Waals surface area contributed by atoms with Gasteiger partial charge in [0, 0.05) is 40.4 Å². The number of nitrogens with two attached hydrogens (primary N) is 1. The van der Waals surface area contributed by atoms with Crippen LogP contribution in [0.3, 0.4) is 0 Å². The smallest absolute Gasteiger partial charge is 0.163 e. The number of aromatic nitrogens is 1. The van der Waals surface area contributed by atoms with Crippen LogP contribution in [0.25, 0.3) is 10.9 Å². The van der Waals surface area contributed by atoms with Gasteiger partial charge in [-0.15, -0.1) is 0 Å². The number of carbonyl (C=O) groups excluding carboxylic acids is 1. The van der Waals surface area contributed by atoms with Crippen molar-refractivity contribution in [1.82, 2.24) is 4.98 Å². The third kappa shape index (κ3) is 4.41. The standard InChI is InChI=1S/C24H23BrN4O2/c1-15-13-29(21-9-7-16(12-26)24-18(21)4-3-11-28-24)14-23(31-15)22(30)10-8-17-19(25)5-2-6-20(17)27/h2-7,9,11,15,23H,8,10,13-14,27H2,1H3/t15-,23-/m1/s1. The van der Waals surface area contributed by atoms with Gasteiger partial charge < -0.3 is 15.4 Å². The first-order valence-electron chi connectivity index (χ1n) is 10.2. The number of nitriles is 1. The predicted molar refractivity (Wildman–Crippen MR) is 125 cm³/mol. The van der Waals surface area contributed by atoms with E-state index in [2.05, 4.69) is 31.9 Å². The Labute approximate surface area is 189 Å². The SMILES string of the molecule is C[C@@H]1CN(c2ccc(C#N)c3ncccc23)C[C@H](C(=O)CCc2c(N)cccc2Br)O1. The van der Waals surface area contributed by atoms with E-state index in [-0.39, 0.29) is 11.9 Å². The number of carbonyl (C=O) groups is 1. The van der Waals surface area contributed by atoms with Gasteiger partial charge >= 0.3 is 0 Å². The van der Waals surface area contributed by atoms with Gasteiger partial charge in [-0.05, 0) is 55.3 Å². The molecule has 1 saturated heterocycles. The monoisotopic (exact) mass is 478 g/mol. The molecule has 158 valence electrons. The van der Waals surface area contributed by atoms with Crippen molar-refractivity contribution in [3.63, 3.8) is 0 Å². The number of halogens is 1. The molecule has 6 nitrogen and oxygen atoms in total. The van der Waals surface area contributed by atoms with E-state index in [1.54, 1.807) is 12.3 Å². The Balaban J connectivity index is 1.54. The molecular weight excluding hydrogens is 456 g/mol. The summed E-state index contributed by atoms with van der Waals surface area (Å²) in [4.78, 5) is 19.6. The Hall–Kier alpha value is -2.95. The number of rotatable bonds is 5. The lowest BCUT2D eigenvalue weighted by Gasteiger charge is -2.38. The maximum Gasteiger partial charge on any atom is 0.163 e. The third-order valence-corrected chi connectivity index (χ3v) is 6.35. The molecule has 2 heterocycles. The maximum absolute atomic E-state index is 13.0. The highest BCUT2D eigenvalue weighted by molar-refractivity contribution is 9.10. The van der Waals surface area contributed by atoms with Crippen LogP contribution < -0.4 is 10.6 Å². The summed E-state index contributed by atoms with van der Waals surface area (Å²) < 4.78 is 6.92. The van der Waals surface area contributed by atoms with Crippen LogP contribution in [0.4, 0.5) is 11.4 Å². The highest BCUT2D eigenvalue weighted by Crippen LogP contribution is 2.31. The van der Waals surface area contributed by atoms with Gasteiger partial charge in [0.15, 0.2) is 5.78 Å². The van der Waals surface area contributed by atoms with Gasteiger partial charge in [-0.25, -0.2) is 0 Å². The second-order valence-corrected chi connectivity index (χ2v) is 8.61. The maximum atomic E-state index is 13.0. The molecule has 1 fully saturated rings. The predicted octanol–water partition coefficient (Wildman–Crippen LogP) is 4.25. The molecule has 2 aromatic carbocycles.